The number of nitrogens with one attached hydrogen (secondary N) is 1. The van der Waals surface area contributed by atoms with Crippen molar-refractivity contribution < 1.29 is 9.53 Å². The number of hydrogen-bond acceptors (Lipinski definition) is 2. The van der Waals surface area contributed by atoms with Crippen molar-refractivity contribution in [1.29, 1.82) is 0 Å². The van der Waals surface area contributed by atoms with E-state index in [9.17, 15) is 4.79 Å². The first-order valence-electron chi connectivity index (χ1n) is 7.01. The normalized spacial score (nSPS) is 11.8. The van der Waals surface area contributed by atoms with Crippen molar-refractivity contribution >= 4 is 34.8 Å². The summed E-state index contributed by atoms with van der Waals surface area (Å²) < 4.78 is 5.63. The highest BCUT2D eigenvalue weighted by Crippen LogP contribution is 2.25. The third kappa shape index (κ3) is 4.39. The van der Waals surface area contributed by atoms with Gasteiger partial charge >= 0.3 is 0 Å². The molecule has 0 saturated carbocycles. The first kappa shape index (κ1) is 16.7. The molecule has 5 heteroatoms. The van der Waals surface area contributed by atoms with Gasteiger partial charge in [-0.05, 0) is 49.2 Å². The number of benzene rings is 2. The van der Waals surface area contributed by atoms with E-state index in [2.05, 4.69) is 12.2 Å². The second-order valence-corrected chi connectivity index (χ2v) is 5.71. The van der Waals surface area contributed by atoms with Crippen LogP contribution in [0.25, 0.3) is 0 Å². The van der Waals surface area contributed by atoms with Crippen molar-refractivity contribution in [2.45, 2.75) is 26.4 Å². The number of carbonyl (C=O) groups is 1. The topological polar surface area (TPSA) is 38.3 Å². The highest BCUT2D eigenvalue weighted by Gasteiger charge is 2.16. The van der Waals surface area contributed by atoms with Crippen LogP contribution in [0.15, 0.2) is 42.5 Å². The average molecular weight is 338 g/mol. The van der Waals surface area contributed by atoms with E-state index in [1.807, 2.05) is 24.3 Å². The Bertz CT molecular complexity index is 656. The van der Waals surface area contributed by atoms with Gasteiger partial charge in [0, 0.05) is 5.02 Å². The smallest absolute Gasteiger partial charge is 0.265 e. The van der Waals surface area contributed by atoms with E-state index in [1.165, 1.54) is 5.56 Å². The van der Waals surface area contributed by atoms with Crippen LogP contribution in [0, 0.1) is 0 Å². The van der Waals surface area contributed by atoms with E-state index in [0.717, 1.165) is 6.42 Å². The number of ether oxygens (including phenoxy) is 1. The summed E-state index contributed by atoms with van der Waals surface area (Å²) in [5.74, 6) is 0.380. The Balaban J connectivity index is 1.99. The Hall–Kier alpha value is -1.71. The molecule has 0 heterocycles. The minimum absolute atomic E-state index is 0.274. The van der Waals surface area contributed by atoms with Gasteiger partial charge in [0.25, 0.3) is 5.91 Å². The van der Waals surface area contributed by atoms with E-state index in [4.69, 9.17) is 27.9 Å². The zero-order valence-corrected chi connectivity index (χ0v) is 13.9. The maximum atomic E-state index is 12.1. The fourth-order valence-corrected chi connectivity index (χ4v) is 2.34. The number of aryl methyl sites for hydroxylation is 1. The Morgan fingerprint density at radius 2 is 1.86 bits per heavy atom. The van der Waals surface area contributed by atoms with E-state index in [1.54, 1.807) is 25.1 Å². The monoisotopic (exact) mass is 337 g/mol. The van der Waals surface area contributed by atoms with Gasteiger partial charge in [-0.15, -0.1) is 0 Å². The number of carbonyl (C=O) groups excluding carboxylic acids is 1. The summed E-state index contributed by atoms with van der Waals surface area (Å²) in [5.41, 5.74) is 1.73. The summed E-state index contributed by atoms with van der Waals surface area (Å²) in [6.07, 6.45) is 0.324. The lowest BCUT2D eigenvalue weighted by molar-refractivity contribution is -0.122. The molecule has 22 heavy (non-hydrogen) atoms. The van der Waals surface area contributed by atoms with E-state index in [-0.39, 0.29) is 5.91 Å². The van der Waals surface area contributed by atoms with Crippen molar-refractivity contribution in [1.82, 2.24) is 0 Å². The Kier molecular flexibility index (Phi) is 5.69. The third-order valence-electron chi connectivity index (χ3n) is 3.20. The second-order valence-electron chi connectivity index (χ2n) is 4.87. The number of hydrogen-bond donors (Lipinski definition) is 1. The molecule has 0 aliphatic heterocycles. The molecule has 0 unspecified atom stereocenters. The highest BCUT2D eigenvalue weighted by molar-refractivity contribution is 6.36. The summed E-state index contributed by atoms with van der Waals surface area (Å²) in [5, 5.41) is 3.63. The predicted octanol–water partition coefficient (Wildman–Crippen LogP) is 4.96. The number of amides is 1. The van der Waals surface area contributed by atoms with Gasteiger partial charge in [0.15, 0.2) is 6.10 Å². The van der Waals surface area contributed by atoms with E-state index >= 15 is 0 Å². The molecule has 0 fully saturated rings. The van der Waals surface area contributed by atoms with Gasteiger partial charge in [-0.3, -0.25) is 4.79 Å². The van der Waals surface area contributed by atoms with Crippen LogP contribution in [0.4, 0.5) is 5.69 Å². The van der Waals surface area contributed by atoms with Crippen LogP contribution < -0.4 is 10.1 Å². The van der Waals surface area contributed by atoms with Crippen molar-refractivity contribution in [3.63, 3.8) is 0 Å². The molecule has 0 bridgehead atoms. The summed E-state index contributed by atoms with van der Waals surface area (Å²) >= 11 is 11.9. The Labute approximate surface area is 140 Å². The Morgan fingerprint density at radius 3 is 2.45 bits per heavy atom. The van der Waals surface area contributed by atoms with Crippen molar-refractivity contribution in [2.75, 3.05) is 5.32 Å². The van der Waals surface area contributed by atoms with Crippen LogP contribution in [0.1, 0.15) is 19.4 Å². The standard InChI is InChI=1S/C17H17Cl2NO2/c1-3-12-4-7-14(8-5-12)22-11(2)17(21)20-16-9-6-13(18)10-15(16)19/h4-11H,3H2,1-2H3,(H,20,21)/t11-/m1/s1. The number of anilines is 1. The highest BCUT2D eigenvalue weighted by atomic mass is 35.5. The van der Waals surface area contributed by atoms with Crippen molar-refractivity contribution in [2.24, 2.45) is 0 Å². The average Bonchev–Trinajstić information content (AvgIpc) is 2.50. The summed E-state index contributed by atoms with van der Waals surface area (Å²) in [7, 11) is 0. The van der Waals surface area contributed by atoms with Crippen molar-refractivity contribution in [3.8, 4) is 5.75 Å². The minimum Gasteiger partial charge on any atom is -0.481 e. The maximum absolute atomic E-state index is 12.1. The van der Waals surface area contributed by atoms with Crippen LogP contribution in [-0.4, -0.2) is 12.0 Å². The molecule has 3 nitrogen and oxygen atoms in total. The molecule has 0 saturated heterocycles. The fraction of sp³-hybridized carbons (Fsp3) is 0.235. The molecular weight excluding hydrogens is 321 g/mol. The summed E-state index contributed by atoms with van der Waals surface area (Å²) in [6, 6.07) is 12.6. The molecule has 116 valence electrons. The van der Waals surface area contributed by atoms with Gasteiger partial charge in [0.1, 0.15) is 5.75 Å². The largest absolute Gasteiger partial charge is 0.481 e. The van der Waals surface area contributed by atoms with Gasteiger partial charge < -0.3 is 10.1 Å². The fourth-order valence-electron chi connectivity index (χ4n) is 1.89. The molecule has 2 rings (SSSR count). The molecule has 0 spiro atoms. The predicted molar refractivity (Wildman–Crippen MR) is 91.0 cm³/mol. The molecule has 0 aliphatic rings. The molecular formula is C17H17Cl2NO2. The lowest BCUT2D eigenvalue weighted by Gasteiger charge is -2.15. The van der Waals surface area contributed by atoms with E-state index in [0.29, 0.717) is 21.5 Å². The van der Waals surface area contributed by atoms with Crippen LogP contribution in [-0.2, 0) is 11.2 Å². The van der Waals surface area contributed by atoms with Gasteiger partial charge in [-0.2, -0.15) is 0 Å². The van der Waals surface area contributed by atoms with Crippen LogP contribution >= 0.6 is 23.2 Å². The van der Waals surface area contributed by atoms with Crippen LogP contribution in [0.5, 0.6) is 5.75 Å². The first-order valence-corrected chi connectivity index (χ1v) is 7.76. The number of rotatable bonds is 5. The molecule has 1 amide bonds. The maximum Gasteiger partial charge on any atom is 0.265 e. The lowest BCUT2D eigenvalue weighted by Crippen LogP contribution is -2.30. The lowest BCUT2D eigenvalue weighted by atomic mass is 10.2. The minimum atomic E-state index is -0.640. The van der Waals surface area contributed by atoms with Gasteiger partial charge in [-0.25, -0.2) is 0 Å². The van der Waals surface area contributed by atoms with Crippen LogP contribution in [0.2, 0.25) is 10.0 Å². The van der Waals surface area contributed by atoms with Gasteiger partial charge in [0.2, 0.25) is 0 Å². The van der Waals surface area contributed by atoms with Crippen LogP contribution in [0.3, 0.4) is 0 Å². The molecule has 2 aromatic carbocycles. The molecule has 2 aromatic rings. The first-order chi connectivity index (χ1) is 10.5. The van der Waals surface area contributed by atoms with Gasteiger partial charge in [0.05, 0.1) is 10.7 Å². The molecule has 0 aromatic heterocycles. The number of halogens is 2. The third-order valence-corrected chi connectivity index (χ3v) is 3.75. The Morgan fingerprint density at radius 1 is 1.18 bits per heavy atom. The van der Waals surface area contributed by atoms with E-state index < -0.39 is 6.10 Å². The zero-order chi connectivity index (χ0) is 16.1. The molecule has 0 radical (unpaired) electrons. The summed E-state index contributed by atoms with van der Waals surface area (Å²) in [4.78, 5) is 12.1. The zero-order valence-electron chi connectivity index (χ0n) is 12.4. The second kappa shape index (κ2) is 7.52. The molecule has 0 aliphatic carbocycles. The van der Waals surface area contributed by atoms with Gasteiger partial charge in [-0.1, -0.05) is 42.3 Å². The molecule has 1 N–H and O–H groups in total. The van der Waals surface area contributed by atoms with Crippen molar-refractivity contribution in [3.05, 3.63) is 58.1 Å². The molecule has 1 atom stereocenters. The quantitative estimate of drug-likeness (QED) is 0.837. The SMILES string of the molecule is CCc1ccc(O[C@H](C)C(=O)Nc2ccc(Cl)cc2Cl)cc1. The summed E-state index contributed by atoms with van der Waals surface area (Å²) in [6.45, 7) is 3.77.